The molecule has 5 heteroatoms. The van der Waals surface area contributed by atoms with Crippen LogP contribution in [0.2, 0.25) is 0 Å². The second-order valence-corrected chi connectivity index (χ2v) is 9.27. The summed E-state index contributed by atoms with van der Waals surface area (Å²) in [5, 5.41) is 0. The van der Waals surface area contributed by atoms with Crippen LogP contribution in [-0.4, -0.2) is 50.3 Å². The van der Waals surface area contributed by atoms with Crippen LogP contribution < -0.4 is 0 Å². The van der Waals surface area contributed by atoms with Crippen LogP contribution in [0.1, 0.15) is 44.1 Å². The molecule has 0 aromatic heterocycles. The lowest BCUT2D eigenvalue weighted by atomic mass is 9.89. The summed E-state index contributed by atoms with van der Waals surface area (Å²) in [6.07, 6.45) is 7.79. The van der Waals surface area contributed by atoms with Crippen LogP contribution in [0.15, 0.2) is 30.3 Å². The van der Waals surface area contributed by atoms with Crippen molar-refractivity contribution in [1.82, 2.24) is 9.21 Å². The molecule has 0 unspecified atom stereocenters. The summed E-state index contributed by atoms with van der Waals surface area (Å²) in [7, 11) is -3.21. The molecule has 1 aliphatic heterocycles. The first-order valence-electron chi connectivity index (χ1n) is 9.37. The molecule has 0 radical (unpaired) electrons. The second kappa shape index (κ2) is 8.45. The third-order valence-electron chi connectivity index (χ3n) is 5.37. The van der Waals surface area contributed by atoms with E-state index in [0.717, 1.165) is 37.5 Å². The second-order valence-electron chi connectivity index (χ2n) is 7.30. The zero-order valence-electron chi connectivity index (χ0n) is 14.6. The Labute approximate surface area is 146 Å². The van der Waals surface area contributed by atoms with Crippen molar-refractivity contribution >= 4 is 10.0 Å². The topological polar surface area (TPSA) is 40.6 Å². The highest BCUT2D eigenvalue weighted by Gasteiger charge is 2.26. The maximum Gasteiger partial charge on any atom is 0.218 e. The van der Waals surface area contributed by atoms with Gasteiger partial charge in [0.15, 0.2) is 0 Å². The van der Waals surface area contributed by atoms with E-state index < -0.39 is 10.0 Å². The minimum atomic E-state index is -3.21. The molecule has 0 spiro atoms. The number of sulfonamides is 1. The smallest absolute Gasteiger partial charge is 0.218 e. The van der Waals surface area contributed by atoms with Crippen molar-refractivity contribution in [2.45, 2.75) is 44.3 Å². The third kappa shape index (κ3) is 5.04. The van der Waals surface area contributed by atoms with Crippen molar-refractivity contribution in [2.24, 2.45) is 5.92 Å². The SMILES string of the molecule is O=S(=O)(Cc1ccccc1)N1CCCN(CC2CCCCC2)CC1. The molecule has 0 atom stereocenters. The molecule has 24 heavy (non-hydrogen) atoms. The molecule has 1 aromatic carbocycles. The molecule has 4 nitrogen and oxygen atoms in total. The lowest BCUT2D eigenvalue weighted by Crippen LogP contribution is -2.37. The van der Waals surface area contributed by atoms with Gasteiger partial charge in [0.1, 0.15) is 0 Å². The number of nitrogens with zero attached hydrogens (tertiary/aromatic N) is 2. The highest BCUT2D eigenvalue weighted by molar-refractivity contribution is 7.88. The number of rotatable bonds is 5. The van der Waals surface area contributed by atoms with Crippen LogP contribution in [0.4, 0.5) is 0 Å². The van der Waals surface area contributed by atoms with E-state index in [1.54, 1.807) is 4.31 Å². The van der Waals surface area contributed by atoms with E-state index in [1.165, 1.54) is 32.1 Å². The van der Waals surface area contributed by atoms with Crippen molar-refractivity contribution in [2.75, 3.05) is 32.7 Å². The maximum absolute atomic E-state index is 12.7. The molecule has 0 bridgehead atoms. The molecule has 3 rings (SSSR count). The normalized spacial score (nSPS) is 22.3. The Morgan fingerprint density at radius 3 is 2.38 bits per heavy atom. The molecule has 2 aliphatic rings. The molecule has 0 amide bonds. The predicted octanol–water partition coefficient (Wildman–Crippen LogP) is 3.10. The van der Waals surface area contributed by atoms with Gasteiger partial charge in [-0.05, 0) is 37.3 Å². The zero-order valence-corrected chi connectivity index (χ0v) is 15.4. The van der Waals surface area contributed by atoms with Crippen molar-refractivity contribution < 1.29 is 8.42 Å². The van der Waals surface area contributed by atoms with Gasteiger partial charge in [-0.25, -0.2) is 12.7 Å². The summed E-state index contributed by atoms with van der Waals surface area (Å²) in [6, 6.07) is 9.51. The Bertz CT molecular complexity index is 597. The van der Waals surface area contributed by atoms with Crippen LogP contribution >= 0.6 is 0 Å². The highest BCUT2D eigenvalue weighted by Crippen LogP contribution is 2.25. The summed E-state index contributed by atoms with van der Waals surface area (Å²) >= 11 is 0. The van der Waals surface area contributed by atoms with Gasteiger partial charge >= 0.3 is 0 Å². The van der Waals surface area contributed by atoms with Crippen LogP contribution in [0.3, 0.4) is 0 Å². The molecule has 2 fully saturated rings. The van der Waals surface area contributed by atoms with Crippen LogP contribution in [0.5, 0.6) is 0 Å². The molecule has 1 heterocycles. The number of hydrogen-bond donors (Lipinski definition) is 0. The molecule has 0 N–H and O–H groups in total. The summed E-state index contributed by atoms with van der Waals surface area (Å²) in [5.41, 5.74) is 0.876. The van der Waals surface area contributed by atoms with Crippen molar-refractivity contribution in [1.29, 1.82) is 0 Å². The first-order chi connectivity index (χ1) is 11.6. The Kier molecular flexibility index (Phi) is 6.31. The minimum Gasteiger partial charge on any atom is -0.302 e. The fourth-order valence-electron chi connectivity index (χ4n) is 4.02. The molecule has 1 aromatic rings. The Morgan fingerprint density at radius 2 is 1.62 bits per heavy atom. The largest absolute Gasteiger partial charge is 0.302 e. The molecule has 1 saturated carbocycles. The Balaban J connectivity index is 1.54. The number of benzene rings is 1. The van der Waals surface area contributed by atoms with Gasteiger partial charge in [0.2, 0.25) is 10.0 Å². The first-order valence-corrected chi connectivity index (χ1v) is 11.0. The monoisotopic (exact) mass is 350 g/mol. The lowest BCUT2D eigenvalue weighted by molar-refractivity contribution is 0.208. The Morgan fingerprint density at radius 1 is 0.875 bits per heavy atom. The van der Waals surface area contributed by atoms with E-state index in [0.29, 0.717) is 13.1 Å². The van der Waals surface area contributed by atoms with Crippen molar-refractivity contribution in [3.05, 3.63) is 35.9 Å². The average Bonchev–Trinajstić information content (AvgIpc) is 2.82. The fraction of sp³-hybridized carbons (Fsp3) is 0.684. The molecular weight excluding hydrogens is 320 g/mol. The standard InChI is InChI=1S/C19H30N2O2S/c22-24(23,17-19-10-5-2-6-11-19)21-13-7-12-20(14-15-21)16-18-8-3-1-4-9-18/h2,5-6,10-11,18H,1,3-4,7-9,12-17H2. The molecule has 134 valence electrons. The van der Waals surface area contributed by atoms with Gasteiger partial charge in [-0.1, -0.05) is 49.6 Å². The summed E-state index contributed by atoms with van der Waals surface area (Å²) < 4.78 is 27.1. The summed E-state index contributed by atoms with van der Waals surface area (Å²) in [6.45, 7) is 4.38. The van der Waals surface area contributed by atoms with Crippen molar-refractivity contribution in [3.63, 3.8) is 0 Å². The molecular formula is C19H30N2O2S. The van der Waals surface area contributed by atoms with E-state index in [4.69, 9.17) is 0 Å². The summed E-state index contributed by atoms with van der Waals surface area (Å²) in [5.74, 6) is 0.947. The van der Waals surface area contributed by atoms with Crippen LogP contribution in [0, 0.1) is 5.92 Å². The third-order valence-corrected chi connectivity index (χ3v) is 7.22. The minimum absolute atomic E-state index is 0.121. The highest BCUT2D eigenvalue weighted by atomic mass is 32.2. The van der Waals surface area contributed by atoms with Crippen LogP contribution in [-0.2, 0) is 15.8 Å². The molecule has 1 aliphatic carbocycles. The van der Waals surface area contributed by atoms with E-state index in [2.05, 4.69) is 4.90 Å². The lowest BCUT2D eigenvalue weighted by Gasteiger charge is -2.28. The van der Waals surface area contributed by atoms with Gasteiger partial charge in [0, 0.05) is 26.2 Å². The van der Waals surface area contributed by atoms with Gasteiger partial charge in [-0.3, -0.25) is 0 Å². The van der Waals surface area contributed by atoms with Gasteiger partial charge in [-0.15, -0.1) is 0 Å². The summed E-state index contributed by atoms with van der Waals surface area (Å²) in [4.78, 5) is 2.49. The van der Waals surface area contributed by atoms with E-state index in [9.17, 15) is 8.42 Å². The number of hydrogen-bond acceptors (Lipinski definition) is 3. The zero-order chi connectivity index (χ0) is 16.8. The molecule has 1 saturated heterocycles. The maximum atomic E-state index is 12.7. The van der Waals surface area contributed by atoms with Gasteiger partial charge in [-0.2, -0.15) is 0 Å². The Hall–Kier alpha value is -0.910. The van der Waals surface area contributed by atoms with Gasteiger partial charge in [0.25, 0.3) is 0 Å². The fourth-order valence-corrected chi connectivity index (χ4v) is 5.58. The van der Waals surface area contributed by atoms with Crippen LogP contribution in [0.25, 0.3) is 0 Å². The first kappa shape index (κ1) is 17.9. The van der Waals surface area contributed by atoms with E-state index in [1.807, 2.05) is 30.3 Å². The quantitative estimate of drug-likeness (QED) is 0.819. The van der Waals surface area contributed by atoms with Gasteiger partial charge in [0.05, 0.1) is 5.75 Å². The average molecular weight is 351 g/mol. The van der Waals surface area contributed by atoms with Gasteiger partial charge < -0.3 is 4.90 Å². The predicted molar refractivity (Wildman–Crippen MR) is 98.3 cm³/mol. The van der Waals surface area contributed by atoms with E-state index in [-0.39, 0.29) is 5.75 Å². The van der Waals surface area contributed by atoms with Crippen molar-refractivity contribution in [3.8, 4) is 0 Å². The van der Waals surface area contributed by atoms with E-state index >= 15 is 0 Å².